The molecule has 180 valence electrons. The van der Waals surface area contributed by atoms with Crippen LogP contribution in [0.4, 0.5) is 11.4 Å². The Hall–Kier alpha value is -4.01. The van der Waals surface area contributed by atoms with Crippen LogP contribution in [-0.4, -0.2) is 43.3 Å². The molecule has 8 nitrogen and oxygen atoms in total. The van der Waals surface area contributed by atoms with Crippen LogP contribution in [0.2, 0.25) is 0 Å². The van der Waals surface area contributed by atoms with Crippen molar-refractivity contribution < 1.29 is 9.59 Å². The molecule has 1 aliphatic heterocycles. The van der Waals surface area contributed by atoms with Crippen molar-refractivity contribution >= 4 is 29.5 Å². The number of nitrogens with zero attached hydrogens (tertiary/aromatic N) is 2. The summed E-state index contributed by atoms with van der Waals surface area (Å²) in [5, 5.41) is 13.3. The number of likely N-dealkylation sites (N-methyl/N-ethyl adjacent to an activating group) is 1. The quantitative estimate of drug-likeness (QED) is 0.229. The lowest BCUT2D eigenvalue weighted by Gasteiger charge is -2.25. The summed E-state index contributed by atoms with van der Waals surface area (Å²) in [6.07, 6.45) is 2.14. The first-order valence-corrected chi connectivity index (χ1v) is 11.5. The molecule has 0 unspecified atom stereocenters. The topological polar surface area (TPSA) is 115 Å². The molecule has 4 rings (SSSR count). The molecule has 0 spiro atoms. The first-order valence-electron chi connectivity index (χ1n) is 11.5. The van der Waals surface area contributed by atoms with E-state index in [4.69, 9.17) is 11.1 Å². The molecule has 1 heterocycles. The fraction of sp³-hybridized carbons (Fsp3) is 0.222. The van der Waals surface area contributed by atoms with Crippen LogP contribution in [0.3, 0.4) is 0 Å². The van der Waals surface area contributed by atoms with Gasteiger partial charge in [0.05, 0.1) is 13.0 Å². The van der Waals surface area contributed by atoms with Gasteiger partial charge >= 0.3 is 0 Å². The van der Waals surface area contributed by atoms with Gasteiger partial charge in [0.25, 0.3) is 11.8 Å². The Morgan fingerprint density at radius 3 is 2.57 bits per heavy atom. The Balaban J connectivity index is 1.39. The second-order valence-electron chi connectivity index (χ2n) is 8.64. The Labute approximate surface area is 205 Å². The average molecular weight is 471 g/mol. The molecule has 0 aromatic heterocycles. The zero-order valence-electron chi connectivity index (χ0n) is 19.8. The Bertz CT molecular complexity index is 1240. The molecule has 1 aliphatic rings. The first-order chi connectivity index (χ1) is 17.0. The van der Waals surface area contributed by atoms with E-state index in [-0.39, 0.29) is 25.0 Å². The minimum atomic E-state index is -0.248. The number of anilines is 2. The zero-order chi connectivity index (χ0) is 24.8. The number of rotatable bonds is 8. The summed E-state index contributed by atoms with van der Waals surface area (Å²) in [4.78, 5) is 29.3. The van der Waals surface area contributed by atoms with Crippen molar-refractivity contribution in [2.75, 3.05) is 30.5 Å². The number of hydrogen-bond donors (Lipinski definition) is 4. The summed E-state index contributed by atoms with van der Waals surface area (Å²) < 4.78 is 0. The van der Waals surface area contributed by atoms with E-state index in [2.05, 4.69) is 28.6 Å². The van der Waals surface area contributed by atoms with Crippen LogP contribution in [0, 0.1) is 5.41 Å². The summed E-state index contributed by atoms with van der Waals surface area (Å²) >= 11 is 0. The molecular formula is C27H30N6O2. The Morgan fingerprint density at radius 2 is 1.80 bits per heavy atom. The third-order valence-electron chi connectivity index (χ3n) is 6.10. The van der Waals surface area contributed by atoms with Gasteiger partial charge < -0.3 is 26.2 Å². The number of carbonyl (C=O) groups excluding carboxylic acids is 2. The van der Waals surface area contributed by atoms with E-state index in [1.165, 1.54) is 16.0 Å². The first kappa shape index (κ1) is 24.1. The number of hydrogen-bond acceptors (Lipinski definition) is 5. The molecular weight excluding hydrogens is 440 g/mol. The highest BCUT2D eigenvalue weighted by molar-refractivity contribution is 6.04. The molecule has 3 aromatic rings. The van der Waals surface area contributed by atoms with Gasteiger partial charge in [-0.2, -0.15) is 0 Å². The fourth-order valence-electron chi connectivity index (χ4n) is 4.14. The second-order valence-corrected chi connectivity index (χ2v) is 8.64. The summed E-state index contributed by atoms with van der Waals surface area (Å²) in [5.41, 5.74) is 11.5. The third kappa shape index (κ3) is 5.92. The van der Waals surface area contributed by atoms with E-state index in [0.29, 0.717) is 16.8 Å². The van der Waals surface area contributed by atoms with Crippen molar-refractivity contribution in [3.63, 3.8) is 0 Å². The van der Waals surface area contributed by atoms with Crippen molar-refractivity contribution in [2.24, 2.45) is 5.73 Å². The van der Waals surface area contributed by atoms with Gasteiger partial charge in [-0.15, -0.1) is 0 Å². The molecule has 35 heavy (non-hydrogen) atoms. The molecule has 2 amide bonds. The lowest BCUT2D eigenvalue weighted by molar-refractivity contribution is 0.0950. The van der Waals surface area contributed by atoms with Crippen molar-refractivity contribution in [1.29, 1.82) is 5.41 Å². The van der Waals surface area contributed by atoms with E-state index in [0.717, 1.165) is 37.1 Å². The van der Waals surface area contributed by atoms with Gasteiger partial charge in [0.1, 0.15) is 0 Å². The SMILES string of the molecule is CN1CCc2ccc(NC(=O)c3cccc(CNC(=O)c4cccc(N(C=N)CN)c4)c3)cc2C1. The fourth-order valence-corrected chi connectivity index (χ4v) is 4.14. The summed E-state index contributed by atoms with van der Waals surface area (Å²) in [6, 6.07) is 20.2. The lowest BCUT2D eigenvalue weighted by atomic mass is 9.99. The van der Waals surface area contributed by atoms with Gasteiger partial charge in [0.15, 0.2) is 0 Å². The Morgan fingerprint density at radius 1 is 1.03 bits per heavy atom. The molecule has 0 saturated heterocycles. The highest BCUT2D eigenvalue weighted by Gasteiger charge is 2.15. The molecule has 0 bridgehead atoms. The molecule has 0 fully saturated rings. The minimum absolute atomic E-state index is 0.145. The van der Waals surface area contributed by atoms with Gasteiger partial charge in [-0.3, -0.25) is 15.0 Å². The van der Waals surface area contributed by atoms with Gasteiger partial charge in [-0.25, -0.2) is 0 Å². The highest BCUT2D eigenvalue weighted by Crippen LogP contribution is 2.22. The molecule has 0 aliphatic carbocycles. The molecule has 0 saturated carbocycles. The molecule has 3 aromatic carbocycles. The van der Waals surface area contributed by atoms with Gasteiger partial charge in [-0.1, -0.05) is 24.3 Å². The standard InChI is InChI=1S/C27H30N6O2/c1-32-11-10-20-8-9-24(13-23(20)16-32)31-27(35)21-5-2-4-19(12-21)15-30-26(34)22-6-3-7-25(14-22)33(17-28)18-29/h2-9,12-14,17,28H,10-11,15-16,18,29H2,1H3,(H,30,34)(H,31,35). The van der Waals surface area contributed by atoms with Crippen molar-refractivity contribution in [3.05, 3.63) is 94.5 Å². The van der Waals surface area contributed by atoms with Crippen LogP contribution in [-0.2, 0) is 19.5 Å². The van der Waals surface area contributed by atoms with Crippen LogP contribution in [0.25, 0.3) is 0 Å². The lowest BCUT2D eigenvalue weighted by Crippen LogP contribution is -2.28. The number of fused-ring (bicyclic) bond motifs is 1. The van der Waals surface area contributed by atoms with Gasteiger partial charge in [0, 0.05) is 42.1 Å². The second kappa shape index (κ2) is 10.9. The van der Waals surface area contributed by atoms with E-state index < -0.39 is 0 Å². The minimum Gasteiger partial charge on any atom is -0.348 e. The van der Waals surface area contributed by atoms with Gasteiger partial charge in [0.2, 0.25) is 0 Å². The van der Waals surface area contributed by atoms with Crippen molar-refractivity contribution in [1.82, 2.24) is 10.2 Å². The van der Waals surface area contributed by atoms with Crippen LogP contribution < -0.4 is 21.3 Å². The molecule has 0 atom stereocenters. The van der Waals surface area contributed by atoms with E-state index >= 15 is 0 Å². The third-order valence-corrected chi connectivity index (χ3v) is 6.10. The number of benzene rings is 3. The Kier molecular flexibility index (Phi) is 7.54. The van der Waals surface area contributed by atoms with Gasteiger partial charge in [-0.05, 0) is 72.6 Å². The van der Waals surface area contributed by atoms with E-state index in [1.54, 1.807) is 36.4 Å². The zero-order valence-corrected chi connectivity index (χ0v) is 19.8. The van der Waals surface area contributed by atoms with Crippen LogP contribution in [0.1, 0.15) is 37.4 Å². The normalized spacial score (nSPS) is 13.0. The maximum atomic E-state index is 12.9. The maximum absolute atomic E-state index is 12.9. The monoisotopic (exact) mass is 470 g/mol. The van der Waals surface area contributed by atoms with Crippen molar-refractivity contribution in [2.45, 2.75) is 19.5 Å². The van der Waals surface area contributed by atoms with E-state index in [1.807, 2.05) is 24.3 Å². The number of amides is 2. The molecule has 5 N–H and O–H groups in total. The predicted molar refractivity (Wildman–Crippen MR) is 139 cm³/mol. The smallest absolute Gasteiger partial charge is 0.255 e. The maximum Gasteiger partial charge on any atom is 0.255 e. The molecule has 8 heteroatoms. The summed E-state index contributed by atoms with van der Waals surface area (Å²) in [5.74, 6) is -0.439. The largest absolute Gasteiger partial charge is 0.348 e. The number of carbonyl (C=O) groups is 2. The summed E-state index contributed by atoms with van der Waals surface area (Å²) in [6.45, 7) is 2.35. The number of nitrogens with two attached hydrogens (primary N) is 1. The van der Waals surface area contributed by atoms with Crippen molar-refractivity contribution in [3.8, 4) is 0 Å². The van der Waals surface area contributed by atoms with Crippen LogP contribution in [0.5, 0.6) is 0 Å². The van der Waals surface area contributed by atoms with Crippen LogP contribution >= 0.6 is 0 Å². The highest BCUT2D eigenvalue weighted by atomic mass is 16.2. The predicted octanol–water partition coefficient (Wildman–Crippen LogP) is 3.19. The average Bonchev–Trinajstić information content (AvgIpc) is 2.88. The summed E-state index contributed by atoms with van der Waals surface area (Å²) in [7, 11) is 2.10. The van der Waals surface area contributed by atoms with Crippen LogP contribution in [0.15, 0.2) is 66.7 Å². The molecule has 0 radical (unpaired) electrons. The number of nitrogens with one attached hydrogen (secondary N) is 3. The van der Waals surface area contributed by atoms with E-state index in [9.17, 15) is 9.59 Å².